The van der Waals surface area contributed by atoms with Crippen LogP contribution in [0, 0.1) is 11.7 Å². The number of hydrogen-bond donors (Lipinski definition) is 2. The summed E-state index contributed by atoms with van der Waals surface area (Å²) in [5.74, 6) is -0.197. The maximum atomic E-state index is 15.3. The average molecular weight is 581 g/mol. The van der Waals surface area contributed by atoms with Crippen molar-refractivity contribution in [3.8, 4) is 5.75 Å². The summed E-state index contributed by atoms with van der Waals surface area (Å²) in [5.41, 5.74) is -0.137. The van der Waals surface area contributed by atoms with Gasteiger partial charge in [-0.1, -0.05) is 17.7 Å². The Morgan fingerprint density at radius 3 is 2.52 bits per heavy atom. The zero-order valence-electron chi connectivity index (χ0n) is 22.8. The van der Waals surface area contributed by atoms with E-state index in [-0.39, 0.29) is 23.1 Å². The summed E-state index contributed by atoms with van der Waals surface area (Å²) in [6.07, 6.45) is -0.456. The molecule has 2 atom stereocenters. The van der Waals surface area contributed by atoms with Gasteiger partial charge in [-0.05, 0) is 52.8 Å². The normalized spacial score (nSPS) is 19.6. The molecular formula is C28H32ClF3N4O4. The van der Waals surface area contributed by atoms with E-state index < -0.39 is 41.8 Å². The molecule has 2 aliphatic heterocycles. The predicted octanol–water partition coefficient (Wildman–Crippen LogP) is 6.20. The number of halogens is 4. The molecule has 5 rings (SSSR count). The predicted molar refractivity (Wildman–Crippen MR) is 145 cm³/mol. The van der Waals surface area contributed by atoms with Crippen LogP contribution in [0.5, 0.6) is 5.75 Å². The van der Waals surface area contributed by atoms with Crippen molar-refractivity contribution in [1.29, 1.82) is 0 Å². The molecule has 1 fully saturated rings. The highest BCUT2D eigenvalue weighted by Crippen LogP contribution is 2.47. The zero-order valence-corrected chi connectivity index (χ0v) is 23.6. The minimum Gasteiger partial charge on any atom is -0.444 e. The van der Waals surface area contributed by atoms with Gasteiger partial charge < -0.3 is 29.4 Å². The lowest BCUT2D eigenvalue weighted by atomic mass is 9.84. The molecule has 0 radical (unpaired) electrons. The van der Waals surface area contributed by atoms with Crippen molar-refractivity contribution in [2.75, 3.05) is 18.0 Å². The summed E-state index contributed by atoms with van der Waals surface area (Å²) in [6.45, 7) is 6.52. The first-order valence-corrected chi connectivity index (χ1v) is 13.4. The number of imidazole rings is 1. The highest BCUT2D eigenvalue weighted by atomic mass is 35.5. The minimum atomic E-state index is -3.08. The monoisotopic (exact) mass is 580 g/mol. The summed E-state index contributed by atoms with van der Waals surface area (Å²) >= 11 is 6.55. The molecule has 0 aliphatic carbocycles. The Hall–Kier alpha value is -3.18. The molecule has 0 saturated carbocycles. The van der Waals surface area contributed by atoms with Crippen LogP contribution in [-0.4, -0.2) is 51.7 Å². The number of alkyl halides is 2. The second-order valence-corrected chi connectivity index (χ2v) is 12.3. The first-order chi connectivity index (χ1) is 18.6. The van der Waals surface area contributed by atoms with Crippen molar-refractivity contribution in [3.05, 3.63) is 52.6 Å². The van der Waals surface area contributed by atoms with Gasteiger partial charge in [0.2, 0.25) is 0 Å². The maximum absolute atomic E-state index is 15.3. The molecule has 0 bridgehead atoms. The van der Waals surface area contributed by atoms with E-state index in [0.717, 1.165) is 0 Å². The van der Waals surface area contributed by atoms with E-state index in [0.29, 0.717) is 41.2 Å². The molecule has 1 amide bonds. The number of fused-ring (bicyclic) bond motifs is 3. The lowest BCUT2D eigenvalue weighted by Crippen LogP contribution is -2.56. The first-order valence-electron chi connectivity index (χ1n) is 13.0. The second-order valence-electron chi connectivity index (χ2n) is 11.9. The molecule has 0 unspecified atom stereocenters. The van der Waals surface area contributed by atoms with Gasteiger partial charge in [0, 0.05) is 42.1 Å². The Kier molecular flexibility index (Phi) is 7.11. The number of anilines is 1. The number of benzene rings is 2. The summed E-state index contributed by atoms with van der Waals surface area (Å²) in [5, 5.41) is 13.3. The Bertz CT molecular complexity index is 1440. The molecule has 1 aromatic heterocycles. The van der Waals surface area contributed by atoms with Gasteiger partial charge in [-0.2, -0.15) is 8.78 Å². The van der Waals surface area contributed by atoms with Gasteiger partial charge in [0.25, 0.3) is 0 Å². The molecule has 40 heavy (non-hydrogen) atoms. The fourth-order valence-corrected chi connectivity index (χ4v) is 5.65. The fourth-order valence-electron chi connectivity index (χ4n) is 5.35. The van der Waals surface area contributed by atoms with Crippen LogP contribution in [0.2, 0.25) is 5.02 Å². The van der Waals surface area contributed by atoms with Crippen LogP contribution < -0.4 is 15.0 Å². The van der Waals surface area contributed by atoms with Crippen LogP contribution >= 0.6 is 11.6 Å². The smallest absolute Gasteiger partial charge is 0.408 e. The number of alkyl carbamates (subject to hydrolysis) is 1. The highest BCUT2D eigenvalue weighted by Gasteiger charge is 2.41. The lowest BCUT2D eigenvalue weighted by Gasteiger charge is -2.46. The Balaban J connectivity index is 1.60. The Morgan fingerprint density at radius 1 is 1.20 bits per heavy atom. The second kappa shape index (κ2) is 10.0. The number of rotatable bonds is 6. The number of aliphatic hydroxyl groups is 1. The Labute approximate surface area is 235 Å². The zero-order chi connectivity index (χ0) is 29.1. The van der Waals surface area contributed by atoms with E-state index in [1.165, 1.54) is 18.2 Å². The largest absolute Gasteiger partial charge is 0.444 e. The number of amides is 1. The summed E-state index contributed by atoms with van der Waals surface area (Å²) in [6, 6.07) is 6.12. The third-order valence-electron chi connectivity index (χ3n) is 7.34. The van der Waals surface area contributed by atoms with E-state index >= 15 is 4.39 Å². The topological polar surface area (TPSA) is 88.8 Å². The van der Waals surface area contributed by atoms with Crippen LogP contribution in [0.4, 0.5) is 23.7 Å². The molecule has 216 valence electrons. The maximum Gasteiger partial charge on any atom is 0.408 e. The molecule has 2 N–H and O–H groups in total. The number of aromatic nitrogens is 2. The van der Waals surface area contributed by atoms with Gasteiger partial charge in [-0.15, -0.1) is 0 Å². The van der Waals surface area contributed by atoms with Gasteiger partial charge in [-0.25, -0.2) is 14.2 Å². The SMILES string of the molecule is CC(C)(C)OC(=O)N[C@H]1C[C@@H](c2c(Cl)cccc2OC(F)F)n2c1nc1cc(F)c(N3CC(C(C)(C)O)C3)cc12. The van der Waals surface area contributed by atoms with E-state index in [1.54, 1.807) is 51.3 Å². The van der Waals surface area contributed by atoms with Crippen LogP contribution in [0.3, 0.4) is 0 Å². The van der Waals surface area contributed by atoms with Crippen LogP contribution in [-0.2, 0) is 4.74 Å². The summed E-state index contributed by atoms with van der Waals surface area (Å²) in [4.78, 5) is 19.2. The van der Waals surface area contributed by atoms with E-state index in [2.05, 4.69) is 10.3 Å². The minimum absolute atomic E-state index is 0.0221. The quantitative estimate of drug-likeness (QED) is 0.361. The summed E-state index contributed by atoms with van der Waals surface area (Å²) in [7, 11) is 0. The molecule has 3 heterocycles. The van der Waals surface area contributed by atoms with E-state index in [9.17, 15) is 18.7 Å². The summed E-state index contributed by atoms with van der Waals surface area (Å²) < 4.78 is 54.0. The van der Waals surface area contributed by atoms with Crippen molar-refractivity contribution < 1.29 is 32.5 Å². The molecule has 2 aliphatic rings. The number of carbonyl (C=O) groups is 1. The molecule has 8 nitrogen and oxygen atoms in total. The molecule has 0 spiro atoms. The van der Waals surface area contributed by atoms with Gasteiger partial charge in [0.15, 0.2) is 0 Å². The third kappa shape index (κ3) is 5.41. The van der Waals surface area contributed by atoms with Crippen LogP contribution in [0.15, 0.2) is 30.3 Å². The molecule has 2 aromatic carbocycles. The van der Waals surface area contributed by atoms with Crippen molar-refractivity contribution in [2.45, 2.75) is 70.9 Å². The fraction of sp³-hybridized carbons (Fsp3) is 0.500. The first kappa shape index (κ1) is 28.4. The number of hydrogen-bond acceptors (Lipinski definition) is 6. The number of nitrogens with one attached hydrogen (secondary N) is 1. The van der Waals surface area contributed by atoms with Crippen LogP contribution in [0.25, 0.3) is 11.0 Å². The van der Waals surface area contributed by atoms with Crippen molar-refractivity contribution in [1.82, 2.24) is 14.9 Å². The average Bonchev–Trinajstić information content (AvgIpc) is 3.27. The van der Waals surface area contributed by atoms with Gasteiger partial charge in [-0.3, -0.25) is 0 Å². The lowest BCUT2D eigenvalue weighted by molar-refractivity contribution is -0.0506. The highest BCUT2D eigenvalue weighted by molar-refractivity contribution is 6.31. The molecule has 3 aromatic rings. The number of ether oxygens (including phenoxy) is 2. The van der Waals surface area contributed by atoms with Gasteiger partial charge in [0.1, 0.15) is 23.0 Å². The Morgan fingerprint density at radius 2 is 1.90 bits per heavy atom. The molecular weight excluding hydrogens is 549 g/mol. The van der Waals surface area contributed by atoms with Crippen molar-refractivity contribution in [2.24, 2.45) is 5.92 Å². The van der Waals surface area contributed by atoms with Crippen molar-refractivity contribution in [3.63, 3.8) is 0 Å². The van der Waals surface area contributed by atoms with Crippen LogP contribution in [0.1, 0.15) is 64.5 Å². The van der Waals surface area contributed by atoms with E-state index in [4.69, 9.17) is 21.1 Å². The van der Waals surface area contributed by atoms with Crippen molar-refractivity contribution >= 4 is 34.4 Å². The number of nitrogens with zero attached hydrogens (tertiary/aromatic N) is 3. The standard InChI is InChI=1S/C28H32ClF3N4O4/c1-27(2,3)40-26(37)34-18-10-21(23-15(29)7-6-8-22(23)39-25(31)32)36-20-11-19(16(30)9-17(20)33-24(18)36)35-12-14(13-35)28(4,5)38/h6-9,11,14,18,21,25,38H,10,12-13H2,1-5H3,(H,34,37)/t18-,21-/m0/s1. The molecule has 12 heteroatoms. The third-order valence-corrected chi connectivity index (χ3v) is 7.67. The molecule has 1 saturated heterocycles. The van der Waals surface area contributed by atoms with E-state index in [1.807, 2.05) is 4.90 Å². The van der Waals surface area contributed by atoms with Gasteiger partial charge >= 0.3 is 12.7 Å². The number of carbonyl (C=O) groups excluding carboxylic acids is 1. The van der Waals surface area contributed by atoms with Gasteiger partial charge in [0.05, 0.1) is 34.4 Å².